The standard InChI is InChI=1S/C2H4O2.3ClH.Pr/c1-2(3)4;;;;/h1H3,(H,3,4);3*1H;/q;;;;+4/p-4. The first kappa shape index (κ1) is 33.2. The van der Waals surface area contributed by atoms with Crippen molar-refractivity contribution in [2.75, 3.05) is 0 Å². The van der Waals surface area contributed by atoms with Crippen LogP contribution in [0.3, 0.4) is 0 Å². The number of carboxylic acids is 1. The van der Waals surface area contributed by atoms with Crippen LogP contribution in [0.2, 0.25) is 0 Å². The average molecular weight is 306 g/mol. The van der Waals surface area contributed by atoms with Gasteiger partial charge in [0, 0.05) is 5.97 Å². The summed E-state index contributed by atoms with van der Waals surface area (Å²) < 4.78 is 0. The van der Waals surface area contributed by atoms with Crippen molar-refractivity contribution in [1.29, 1.82) is 0 Å². The predicted molar refractivity (Wildman–Crippen MR) is 10.7 cm³/mol. The molecule has 0 amide bonds. The minimum atomic E-state index is -1.08. The van der Waals surface area contributed by atoms with Gasteiger partial charge in [0.1, 0.15) is 0 Å². The Morgan fingerprint density at radius 2 is 1.25 bits per heavy atom. The SMILES string of the molecule is CC(=O)[O-].[Cl-].[Cl-].[Cl-].[Pr+4]. The maximum atomic E-state index is 8.89. The molecule has 6 heteroatoms. The fourth-order valence-electron chi connectivity index (χ4n) is 0. The zero-order valence-corrected chi connectivity index (χ0v) is 10.00. The third kappa shape index (κ3) is 119. The second-order valence-corrected chi connectivity index (χ2v) is 0.492. The molecule has 0 aliphatic heterocycles. The van der Waals surface area contributed by atoms with Crippen LogP contribution >= 0.6 is 0 Å². The van der Waals surface area contributed by atoms with Gasteiger partial charge in [-0.2, -0.15) is 0 Å². The summed E-state index contributed by atoms with van der Waals surface area (Å²) in [6.07, 6.45) is 0. The predicted octanol–water partition coefficient (Wildman–Crippen LogP) is -10.2. The molecule has 0 N–H and O–H groups in total. The Labute approximate surface area is 100.0 Å². The van der Waals surface area contributed by atoms with Crippen LogP contribution in [0.4, 0.5) is 0 Å². The maximum absolute atomic E-state index is 8.89. The van der Waals surface area contributed by atoms with Gasteiger partial charge >= 0.3 is 41.3 Å². The molecule has 0 heterocycles. The molecule has 0 aromatic heterocycles. The summed E-state index contributed by atoms with van der Waals surface area (Å²) in [5, 5.41) is 8.89. The van der Waals surface area contributed by atoms with E-state index in [0.717, 1.165) is 6.92 Å². The number of carbonyl (C=O) groups is 1. The molecule has 0 aliphatic rings. The normalized spacial score (nSPS) is 3.12. The van der Waals surface area contributed by atoms with Crippen LogP contribution in [0.15, 0.2) is 0 Å². The summed E-state index contributed by atoms with van der Waals surface area (Å²) in [7, 11) is 0. The van der Waals surface area contributed by atoms with Crippen molar-refractivity contribution in [3.8, 4) is 0 Å². The van der Waals surface area contributed by atoms with E-state index < -0.39 is 5.97 Å². The van der Waals surface area contributed by atoms with Gasteiger partial charge in [-0.1, -0.05) is 0 Å². The van der Waals surface area contributed by atoms with Crippen LogP contribution in [0, 0.1) is 41.3 Å². The monoisotopic (exact) mass is 305 g/mol. The number of carbonyl (C=O) groups excluding carboxylic acids is 1. The Balaban J connectivity index is -0.00000000750. The van der Waals surface area contributed by atoms with Crippen LogP contribution < -0.4 is 42.3 Å². The van der Waals surface area contributed by atoms with Gasteiger partial charge < -0.3 is 47.1 Å². The second-order valence-electron chi connectivity index (χ2n) is 0.492. The molecule has 0 saturated carbocycles. The van der Waals surface area contributed by atoms with Gasteiger partial charge in [0.05, 0.1) is 0 Å². The Hall–Kier alpha value is 1.70. The molecule has 0 rings (SSSR count). The minimum Gasteiger partial charge on any atom is -1.00 e. The van der Waals surface area contributed by atoms with E-state index in [-0.39, 0.29) is 78.5 Å². The molecule has 2 nitrogen and oxygen atoms in total. The number of hydrogen-bond donors (Lipinski definition) is 0. The molecular weight excluding hydrogens is 303 g/mol. The fourth-order valence-corrected chi connectivity index (χ4v) is 0. The Morgan fingerprint density at radius 1 is 1.25 bits per heavy atom. The van der Waals surface area contributed by atoms with Crippen molar-refractivity contribution in [2.45, 2.75) is 6.92 Å². The molecule has 0 aromatic carbocycles. The largest absolute Gasteiger partial charge is 4.00 e. The number of halogens is 3. The Bertz CT molecular complexity index is 38.3. The second kappa shape index (κ2) is 23.3. The average Bonchev–Trinajstić information content (AvgIpc) is 0.811. The van der Waals surface area contributed by atoms with Gasteiger partial charge in [-0.05, 0) is 6.92 Å². The number of rotatable bonds is 0. The molecule has 8 heavy (non-hydrogen) atoms. The van der Waals surface area contributed by atoms with Gasteiger partial charge in [-0.15, -0.1) is 0 Å². The third-order valence-corrected chi connectivity index (χ3v) is 0. The molecule has 0 aliphatic carbocycles. The molecule has 0 atom stereocenters. The van der Waals surface area contributed by atoms with Gasteiger partial charge in [0.15, 0.2) is 0 Å². The summed E-state index contributed by atoms with van der Waals surface area (Å²) in [5.74, 6) is -1.08. The van der Waals surface area contributed by atoms with E-state index in [1.807, 2.05) is 0 Å². The molecule has 0 radical (unpaired) electrons. The van der Waals surface area contributed by atoms with Crippen LogP contribution in [0.25, 0.3) is 0 Å². The van der Waals surface area contributed by atoms with Crippen molar-refractivity contribution >= 4 is 5.97 Å². The van der Waals surface area contributed by atoms with Crippen LogP contribution in [0.1, 0.15) is 6.92 Å². The maximum Gasteiger partial charge on any atom is 4.00 e. The number of hydrogen-bond acceptors (Lipinski definition) is 2. The number of carboxylic acid groups (broad SMARTS) is 1. The quantitative estimate of drug-likeness (QED) is 0.446. The fraction of sp³-hybridized carbons (Fsp3) is 0.500. The van der Waals surface area contributed by atoms with E-state index in [4.69, 9.17) is 9.90 Å². The van der Waals surface area contributed by atoms with Gasteiger partial charge in [0.25, 0.3) is 0 Å². The van der Waals surface area contributed by atoms with E-state index in [1.54, 1.807) is 0 Å². The summed E-state index contributed by atoms with van der Waals surface area (Å²) in [5.41, 5.74) is 0. The summed E-state index contributed by atoms with van der Waals surface area (Å²) in [6.45, 7) is 0.972. The van der Waals surface area contributed by atoms with E-state index in [0.29, 0.717) is 0 Å². The van der Waals surface area contributed by atoms with E-state index in [9.17, 15) is 0 Å². The van der Waals surface area contributed by atoms with Crippen molar-refractivity contribution < 1.29 is 88.4 Å². The first-order valence-electron chi connectivity index (χ1n) is 0.908. The van der Waals surface area contributed by atoms with Crippen LogP contribution in [0.5, 0.6) is 0 Å². The molecule has 0 saturated heterocycles. The third-order valence-electron chi connectivity index (χ3n) is 0. The summed E-state index contributed by atoms with van der Waals surface area (Å²) >= 11 is 0. The van der Waals surface area contributed by atoms with Crippen molar-refractivity contribution in [3.05, 3.63) is 0 Å². The first-order chi connectivity index (χ1) is 1.73. The van der Waals surface area contributed by atoms with Gasteiger partial charge in [0.2, 0.25) is 0 Å². The Kier molecular flexibility index (Phi) is 97.0. The molecular formula is C2H3Cl3O2Pr. The zero-order valence-electron chi connectivity index (χ0n) is 4.03. The molecule has 0 bridgehead atoms. The first-order valence-corrected chi connectivity index (χ1v) is 0.908. The van der Waals surface area contributed by atoms with E-state index >= 15 is 0 Å². The molecule has 0 fully saturated rings. The van der Waals surface area contributed by atoms with Crippen LogP contribution in [-0.2, 0) is 4.79 Å². The molecule has 0 unspecified atom stereocenters. The molecule has 0 spiro atoms. The van der Waals surface area contributed by atoms with E-state index in [1.165, 1.54) is 0 Å². The molecule has 47 valence electrons. The van der Waals surface area contributed by atoms with Crippen molar-refractivity contribution in [3.63, 3.8) is 0 Å². The van der Waals surface area contributed by atoms with Crippen molar-refractivity contribution in [2.24, 2.45) is 0 Å². The summed E-state index contributed by atoms with van der Waals surface area (Å²) in [4.78, 5) is 8.89. The van der Waals surface area contributed by atoms with Gasteiger partial charge in [-0.25, -0.2) is 0 Å². The van der Waals surface area contributed by atoms with Crippen molar-refractivity contribution in [1.82, 2.24) is 0 Å². The van der Waals surface area contributed by atoms with Gasteiger partial charge in [-0.3, -0.25) is 0 Å². The van der Waals surface area contributed by atoms with E-state index in [2.05, 4.69) is 0 Å². The Morgan fingerprint density at radius 3 is 1.25 bits per heavy atom. The van der Waals surface area contributed by atoms with Crippen LogP contribution in [-0.4, -0.2) is 5.97 Å². The smallest absolute Gasteiger partial charge is 1.00 e. The topological polar surface area (TPSA) is 40.1 Å². The molecule has 0 aromatic rings. The number of aliphatic carboxylic acids is 1. The minimum absolute atomic E-state index is 0. The summed E-state index contributed by atoms with van der Waals surface area (Å²) in [6, 6.07) is 0. The zero-order chi connectivity index (χ0) is 3.58.